The van der Waals surface area contributed by atoms with Gasteiger partial charge in [0.25, 0.3) is 0 Å². The van der Waals surface area contributed by atoms with Crippen LogP contribution in [0, 0.1) is 0 Å². The van der Waals surface area contributed by atoms with E-state index in [1.165, 1.54) is 16.7 Å². The molecule has 1 heteroatoms. The van der Waals surface area contributed by atoms with E-state index in [1.807, 2.05) is 0 Å². The van der Waals surface area contributed by atoms with Crippen LogP contribution < -0.4 is 5.73 Å². The third-order valence-electron chi connectivity index (χ3n) is 2.66. The Hall–Kier alpha value is -0.980. The monoisotopic (exact) mass is 177 g/mol. The van der Waals surface area contributed by atoms with Gasteiger partial charge in [-0.15, -0.1) is 0 Å². The Kier molecular flexibility index (Phi) is 3.35. The molecule has 1 rings (SSSR count). The molecule has 0 atom stereocenters. The minimum Gasteiger partial charge on any atom is -0.398 e. The molecule has 0 saturated carbocycles. The topological polar surface area (TPSA) is 26.0 Å². The largest absolute Gasteiger partial charge is 0.398 e. The molecule has 2 N–H and O–H groups in total. The highest BCUT2D eigenvalue weighted by Crippen LogP contribution is 2.23. The lowest BCUT2D eigenvalue weighted by molar-refractivity contribution is 1.02. The van der Waals surface area contributed by atoms with Crippen LogP contribution in [-0.4, -0.2) is 0 Å². The zero-order valence-corrected chi connectivity index (χ0v) is 8.85. The highest BCUT2D eigenvalue weighted by atomic mass is 14.6. The number of nitrogens with two attached hydrogens (primary N) is 1. The maximum Gasteiger partial charge on any atom is 0.0381 e. The van der Waals surface area contributed by atoms with Crippen molar-refractivity contribution in [3.8, 4) is 0 Å². The molecular formula is C12H19N. The standard InChI is InChI=1S/C12H19N/c1-4-9-7-8-10(5-2)12(13)11(9)6-3/h7-8H,4-6,13H2,1-3H3. The summed E-state index contributed by atoms with van der Waals surface area (Å²) < 4.78 is 0. The van der Waals surface area contributed by atoms with Crippen LogP contribution >= 0.6 is 0 Å². The van der Waals surface area contributed by atoms with Crippen LogP contribution in [0.25, 0.3) is 0 Å². The summed E-state index contributed by atoms with van der Waals surface area (Å²) in [6.45, 7) is 6.50. The Labute approximate surface area is 81.0 Å². The van der Waals surface area contributed by atoms with Crippen molar-refractivity contribution in [3.63, 3.8) is 0 Å². The van der Waals surface area contributed by atoms with E-state index in [2.05, 4.69) is 32.9 Å². The van der Waals surface area contributed by atoms with E-state index in [0.29, 0.717) is 0 Å². The average Bonchev–Trinajstić information content (AvgIpc) is 2.17. The summed E-state index contributed by atoms with van der Waals surface area (Å²) >= 11 is 0. The third kappa shape index (κ3) is 1.85. The Morgan fingerprint density at radius 3 is 1.92 bits per heavy atom. The van der Waals surface area contributed by atoms with Crippen molar-refractivity contribution < 1.29 is 0 Å². The van der Waals surface area contributed by atoms with Crippen molar-refractivity contribution in [2.24, 2.45) is 0 Å². The second-order valence-corrected chi connectivity index (χ2v) is 3.34. The Balaban J connectivity index is 3.23. The molecule has 0 aliphatic carbocycles. The molecule has 0 saturated heterocycles. The fourth-order valence-electron chi connectivity index (χ4n) is 1.82. The first kappa shape index (κ1) is 10.1. The number of aryl methyl sites for hydroxylation is 2. The van der Waals surface area contributed by atoms with Gasteiger partial charge in [-0.2, -0.15) is 0 Å². The van der Waals surface area contributed by atoms with Gasteiger partial charge in [0.1, 0.15) is 0 Å². The molecule has 0 amide bonds. The number of hydrogen-bond donors (Lipinski definition) is 1. The first-order valence-corrected chi connectivity index (χ1v) is 5.13. The number of benzene rings is 1. The summed E-state index contributed by atoms with van der Waals surface area (Å²) in [7, 11) is 0. The minimum atomic E-state index is 1.02. The van der Waals surface area contributed by atoms with Gasteiger partial charge in [-0.3, -0.25) is 0 Å². The molecule has 72 valence electrons. The molecule has 1 aromatic rings. The molecule has 0 unspecified atom stereocenters. The zero-order valence-electron chi connectivity index (χ0n) is 8.85. The summed E-state index contributed by atoms with van der Waals surface area (Å²) in [5.41, 5.74) is 11.1. The van der Waals surface area contributed by atoms with Crippen molar-refractivity contribution in [1.29, 1.82) is 0 Å². The molecule has 0 fully saturated rings. The van der Waals surface area contributed by atoms with Gasteiger partial charge >= 0.3 is 0 Å². The van der Waals surface area contributed by atoms with Gasteiger partial charge in [0, 0.05) is 5.69 Å². The average molecular weight is 177 g/mol. The maximum absolute atomic E-state index is 6.08. The van der Waals surface area contributed by atoms with Gasteiger partial charge in [0.05, 0.1) is 0 Å². The summed E-state index contributed by atoms with van der Waals surface area (Å²) in [5.74, 6) is 0. The zero-order chi connectivity index (χ0) is 9.84. The third-order valence-corrected chi connectivity index (χ3v) is 2.66. The smallest absolute Gasteiger partial charge is 0.0381 e. The molecule has 13 heavy (non-hydrogen) atoms. The van der Waals surface area contributed by atoms with E-state index in [1.54, 1.807) is 0 Å². The predicted octanol–water partition coefficient (Wildman–Crippen LogP) is 2.96. The van der Waals surface area contributed by atoms with Crippen molar-refractivity contribution in [2.75, 3.05) is 5.73 Å². The molecule has 0 radical (unpaired) electrons. The van der Waals surface area contributed by atoms with Gasteiger partial charge < -0.3 is 5.73 Å². The summed E-state index contributed by atoms with van der Waals surface area (Å²) in [5, 5.41) is 0. The Morgan fingerprint density at radius 2 is 1.46 bits per heavy atom. The van der Waals surface area contributed by atoms with Gasteiger partial charge in [-0.25, -0.2) is 0 Å². The molecule has 1 nitrogen and oxygen atoms in total. The fraction of sp³-hybridized carbons (Fsp3) is 0.500. The molecular weight excluding hydrogens is 158 g/mol. The highest BCUT2D eigenvalue weighted by molar-refractivity contribution is 5.57. The normalized spacial score (nSPS) is 10.4. The lowest BCUT2D eigenvalue weighted by Gasteiger charge is -2.12. The SMILES string of the molecule is CCc1ccc(CC)c(CC)c1N. The Morgan fingerprint density at radius 1 is 0.923 bits per heavy atom. The van der Waals surface area contributed by atoms with Gasteiger partial charge in [-0.05, 0) is 36.0 Å². The van der Waals surface area contributed by atoms with Crippen LogP contribution in [0.5, 0.6) is 0 Å². The van der Waals surface area contributed by atoms with Crippen molar-refractivity contribution in [3.05, 3.63) is 28.8 Å². The summed E-state index contributed by atoms with van der Waals surface area (Å²) in [6, 6.07) is 4.38. The van der Waals surface area contributed by atoms with Crippen LogP contribution in [0.4, 0.5) is 5.69 Å². The van der Waals surface area contributed by atoms with Gasteiger partial charge in [-0.1, -0.05) is 32.9 Å². The van der Waals surface area contributed by atoms with Crippen LogP contribution in [0.15, 0.2) is 12.1 Å². The van der Waals surface area contributed by atoms with E-state index in [4.69, 9.17) is 5.73 Å². The van der Waals surface area contributed by atoms with E-state index in [-0.39, 0.29) is 0 Å². The first-order chi connectivity index (χ1) is 6.24. The molecule has 0 aliphatic rings. The van der Waals surface area contributed by atoms with Crippen LogP contribution in [0.3, 0.4) is 0 Å². The second-order valence-electron chi connectivity index (χ2n) is 3.34. The van der Waals surface area contributed by atoms with Crippen LogP contribution in [-0.2, 0) is 19.3 Å². The molecule has 0 bridgehead atoms. The maximum atomic E-state index is 6.08. The molecule has 0 heterocycles. The fourth-order valence-corrected chi connectivity index (χ4v) is 1.82. The lowest BCUT2D eigenvalue weighted by Crippen LogP contribution is -2.02. The van der Waals surface area contributed by atoms with Crippen molar-refractivity contribution in [2.45, 2.75) is 40.0 Å². The molecule has 1 aromatic carbocycles. The van der Waals surface area contributed by atoms with E-state index in [9.17, 15) is 0 Å². The van der Waals surface area contributed by atoms with Crippen molar-refractivity contribution in [1.82, 2.24) is 0 Å². The summed E-state index contributed by atoms with van der Waals surface area (Å²) in [6.07, 6.45) is 3.16. The van der Waals surface area contributed by atoms with E-state index >= 15 is 0 Å². The number of anilines is 1. The Bertz CT molecular complexity index is 289. The van der Waals surface area contributed by atoms with Crippen LogP contribution in [0.1, 0.15) is 37.5 Å². The van der Waals surface area contributed by atoms with Crippen molar-refractivity contribution >= 4 is 5.69 Å². The number of rotatable bonds is 3. The number of hydrogen-bond acceptors (Lipinski definition) is 1. The highest BCUT2D eigenvalue weighted by Gasteiger charge is 2.06. The predicted molar refractivity (Wildman–Crippen MR) is 59.0 cm³/mol. The molecule has 0 aliphatic heterocycles. The molecule has 0 aromatic heterocycles. The minimum absolute atomic E-state index is 1.02. The number of nitrogen functional groups attached to an aromatic ring is 1. The summed E-state index contributed by atoms with van der Waals surface area (Å²) in [4.78, 5) is 0. The first-order valence-electron chi connectivity index (χ1n) is 5.13. The van der Waals surface area contributed by atoms with Gasteiger partial charge in [0.15, 0.2) is 0 Å². The quantitative estimate of drug-likeness (QED) is 0.706. The van der Waals surface area contributed by atoms with Crippen LogP contribution in [0.2, 0.25) is 0 Å². The van der Waals surface area contributed by atoms with Gasteiger partial charge in [0.2, 0.25) is 0 Å². The van der Waals surface area contributed by atoms with E-state index in [0.717, 1.165) is 24.9 Å². The lowest BCUT2D eigenvalue weighted by atomic mass is 9.96. The van der Waals surface area contributed by atoms with E-state index < -0.39 is 0 Å². The second kappa shape index (κ2) is 4.31. The molecule has 0 spiro atoms.